The van der Waals surface area contributed by atoms with E-state index in [1.807, 2.05) is 30.8 Å². The van der Waals surface area contributed by atoms with Crippen LogP contribution in [0.15, 0.2) is 24.3 Å². The van der Waals surface area contributed by atoms with E-state index in [2.05, 4.69) is 45.1 Å². The van der Waals surface area contributed by atoms with E-state index >= 15 is 0 Å². The van der Waals surface area contributed by atoms with E-state index in [0.29, 0.717) is 6.54 Å². The Bertz CT molecular complexity index is 537. The van der Waals surface area contributed by atoms with Crippen molar-refractivity contribution in [3.63, 3.8) is 0 Å². The molecule has 0 unspecified atom stereocenters. The van der Waals surface area contributed by atoms with Crippen LogP contribution < -0.4 is 5.32 Å². The number of para-hydroxylation sites is 1. The summed E-state index contributed by atoms with van der Waals surface area (Å²) in [4.78, 5) is 0. The average molecular weight is 362 g/mol. The molecule has 0 spiro atoms. The van der Waals surface area contributed by atoms with Gasteiger partial charge in [0.15, 0.2) is 0 Å². The second-order valence-electron chi connectivity index (χ2n) is 3.80. The third-order valence-electron chi connectivity index (χ3n) is 2.58. The highest BCUT2D eigenvalue weighted by molar-refractivity contribution is 14.1. The zero-order valence-electron chi connectivity index (χ0n) is 9.67. The summed E-state index contributed by atoms with van der Waals surface area (Å²) in [5, 5.41) is 8.40. The fraction of sp³-hybridized carbons (Fsp3) is 0.250. The van der Waals surface area contributed by atoms with Crippen LogP contribution in [0.3, 0.4) is 0 Å². The third kappa shape index (κ3) is 2.74. The molecule has 5 heteroatoms. The molecule has 0 fully saturated rings. The lowest BCUT2D eigenvalue weighted by atomic mass is 10.3. The van der Waals surface area contributed by atoms with Gasteiger partial charge in [-0.15, -0.1) is 0 Å². The van der Waals surface area contributed by atoms with Gasteiger partial charge in [-0.2, -0.15) is 5.10 Å². The van der Waals surface area contributed by atoms with Crippen molar-refractivity contribution in [1.29, 1.82) is 0 Å². The van der Waals surface area contributed by atoms with Crippen LogP contribution in [0.4, 0.5) is 5.69 Å². The van der Waals surface area contributed by atoms with Crippen LogP contribution >= 0.6 is 34.2 Å². The normalized spacial score (nSPS) is 10.6. The maximum absolute atomic E-state index is 6.19. The highest BCUT2D eigenvalue weighted by atomic mass is 127. The van der Waals surface area contributed by atoms with Gasteiger partial charge in [0.25, 0.3) is 0 Å². The highest BCUT2D eigenvalue weighted by Crippen LogP contribution is 2.22. The molecule has 2 rings (SSSR count). The average Bonchev–Trinajstić information content (AvgIpc) is 2.53. The highest BCUT2D eigenvalue weighted by Gasteiger charge is 2.10. The Hall–Kier alpha value is -0.750. The molecule has 1 aromatic carbocycles. The quantitative estimate of drug-likeness (QED) is 0.847. The maximum atomic E-state index is 6.19. The van der Waals surface area contributed by atoms with Gasteiger partial charge < -0.3 is 5.32 Å². The minimum absolute atomic E-state index is 0.677. The van der Waals surface area contributed by atoms with Crippen molar-refractivity contribution < 1.29 is 0 Å². The lowest BCUT2D eigenvalue weighted by Gasteiger charge is -2.08. The second-order valence-corrected chi connectivity index (χ2v) is 5.34. The Morgan fingerprint density at radius 3 is 2.71 bits per heavy atom. The molecule has 1 heterocycles. The predicted molar refractivity (Wildman–Crippen MR) is 79.4 cm³/mol. The molecule has 0 saturated carbocycles. The zero-order valence-corrected chi connectivity index (χ0v) is 12.6. The Balaban J connectivity index is 2.15. The summed E-state index contributed by atoms with van der Waals surface area (Å²) in [5.74, 6) is 0. The van der Waals surface area contributed by atoms with Crippen LogP contribution in [0, 0.1) is 10.5 Å². The van der Waals surface area contributed by atoms with Crippen LogP contribution in [-0.2, 0) is 13.6 Å². The molecule has 90 valence electrons. The Morgan fingerprint density at radius 1 is 1.41 bits per heavy atom. The number of hydrogen-bond donors (Lipinski definition) is 1. The van der Waals surface area contributed by atoms with E-state index in [1.165, 1.54) is 3.57 Å². The Morgan fingerprint density at radius 2 is 2.12 bits per heavy atom. The lowest BCUT2D eigenvalue weighted by Crippen LogP contribution is -2.06. The van der Waals surface area contributed by atoms with Crippen LogP contribution in [0.25, 0.3) is 0 Å². The summed E-state index contributed by atoms with van der Waals surface area (Å²) in [7, 11) is 1.91. The molecular weight excluding hydrogens is 349 g/mol. The van der Waals surface area contributed by atoms with Gasteiger partial charge in [0.1, 0.15) is 0 Å². The van der Waals surface area contributed by atoms with Gasteiger partial charge >= 0.3 is 0 Å². The number of anilines is 1. The van der Waals surface area contributed by atoms with Crippen molar-refractivity contribution in [2.24, 2.45) is 7.05 Å². The van der Waals surface area contributed by atoms with E-state index in [-0.39, 0.29) is 0 Å². The molecular formula is C12H13ClIN3. The van der Waals surface area contributed by atoms with Crippen molar-refractivity contribution in [3.8, 4) is 0 Å². The van der Waals surface area contributed by atoms with E-state index in [1.54, 1.807) is 0 Å². The number of nitrogens with one attached hydrogen (secondary N) is 1. The van der Waals surface area contributed by atoms with E-state index in [0.717, 1.165) is 22.1 Å². The number of halogens is 2. The molecule has 0 aliphatic carbocycles. The Kier molecular flexibility index (Phi) is 3.93. The second kappa shape index (κ2) is 5.27. The fourth-order valence-electron chi connectivity index (χ4n) is 1.66. The summed E-state index contributed by atoms with van der Waals surface area (Å²) in [6.07, 6.45) is 0. The molecule has 0 radical (unpaired) electrons. The summed E-state index contributed by atoms with van der Waals surface area (Å²) >= 11 is 8.50. The van der Waals surface area contributed by atoms with Gasteiger partial charge in [-0.25, -0.2) is 0 Å². The molecule has 0 saturated heterocycles. The number of nitrogens with zero attached hydrogens (tertiary/aromatic N) is 2. The standard InChI is InChI=1S/C12H13ClIN3/c1-8-12(13)11(17(2)16-8)7-15-10-6-4-3-5-9(10)14/h3-6,15H,7H2,1-2H3. The molecule has 0 aliphatic rings. The first-order valence-electron chi connectivity index (χ1n) is 5.26. The largest absolute Gasteiger partial charge is 0.378 e. The Labute approximate surface area is 119 Å². The monoisotopic (exact) mass is 361 g/mol. The van der Waals surface area contributed by atoms with Gasteiger partial charge in [-0.3, -0.25) is 4.68 Å². The van der Waals surface area contributed by atoms with E-state index in [9.17, 15) is 0 Å². The SMILES string of the molecule is Cc1nn(C)c(CNc2ccccc2I)c1Cl. The summed E-state index contributed by atoms with van der Waals surface area (Å²) in [6, 6.07) is 8.16. The van der Waals surface area contributed by atoms with Crippen LogP contribution in [0.2, 0.25) is 5.02 Å². The number of benzene rings is 1. The maximum Gasteiger partial charge on any atom is 0.0865 e. The van der Waals surface area contributed by atoms with Crippen molar-refractivity contribution in [3.05, 3.63) is 44.2 Å². The zero-order chi connectivity index (χ0) is 12.4. The van der Waals surface area contributed by atoms with Crippen LogP contribution in [0.1, 0.15) is 11.4 Å². The molecule has 1 N–H and O–H groups in total. The number of hydrogen-bond acceptors (Lipinski definition) is 2. The van der Waals surface area contributed by atoms with Gasteiger partial charge in [0, 0.05) is 16.3 Å². The molecule has 0 atom stereocenters. The van der Waals surface area contributed by atoms with Crippen molar-refractivity contribution >= 4 is 39.9 Å². The first-order chi connectivity index (χ1) is 8.09. The van der Waals surface area contributed by atoms with E-state index in [4.69, 9.17) is 11.6 Å². The molecule has 2 aromatic rings. The van der Waals surface area contributed by atoms with Crippen LogP contribution in [-0.4, -0.2) is 9.78 Å². The smallest absolute Gasteiger partial charge is 0.0865 e. The fourth-order valence-corrected chi connectivity index (χ4v) is 2.46. The summed E-state index contributed by atoms with van der Waals surface area (Å²) < 4.78 is 3.01. The molecule has 0 aliphatic heterocycles. The summed E-state index contributed by atoms with van der Waals surface area (Å²) in [5.41, 5.74) is 2.99. The minimum atomic E-state index is 0.677. The topological polar surface area (TPSA) is 29.9 Å². The molecule has 1 aromatic heterocycles. The molecule has 0 amide bonds. The minimum Gasteiger partial charge on any atom is -0.378 e. The number of aryl methyl sites for hydroxylation is 2. The summed E-state index contributed by atoms with van der Waals surface area (Å²) in [6.45, 7) is 2.59. The van der Waals surface area contributed by atoms with Gasteiger partial charge in [0.2, 0.25) is 0 Å². The first-order valence-corrected chi connectivity index (χ1v) is 6.71. The van der Waals surface area contributed by atoms with Gasteiger partial charge in [-0.05, 0) is 41.6 Å². The van der Waals surface area contributed by atoms with Crippen LogP contribution in [0.5, 0.6) is 0 Å². The molecule has 0 bridgehead atoms. The predicted octanol–water partition coefficient (Wildman–Crippen LogP) is 3.60. The van der Waals surface area contributed by atoms with Crippen molar-refractivity contribution in [2.45, 2.75) is 13.5 Å². The third-order valence-corrected chi connectivity index (χ3v) is 4.01. The number of rotatable bonds is 3. The lowest BCUT2D eigenvalue weighted by molar-refractivity contribution is 0.713. The first kappa shape index (κ1) is 12.7. The molecule has 3 nitrogen and oxygen atoms in total. The number of aromatic nitrogens is 2. The van der Waals surface area contributed by atoms with Gasteiger partial charge in [-0.1, -0.05) is 23.7 Å². The van der Waals surface area contributed by atoms with Gasteiger partial charge in [0.05, 0.1) is 23.0 Å². The molecule has 17 heavy (non-hydrogen) atoms. The van der Waals surface area contributed by atoms with Crippen molar-refractivity contribution in [1.82, 2.24) is 9.78 Å². The van der Waals surface area contributed by atoms with E-state index < -0.39 is 0 Å². The van der Waals surface area contributed by atoms with Crippen molar-refractivity contribution in [2.75, 3.05) is 5.32 Å².